The van der Waals surface area contributed by atoms with Crippen molar-refractivity contribution < 1.29 is 14.5 Å². The Balaban J connectivity index is 1.45. The van der Waals surface area contributed by atoms with Crippen molar-refractivity contribution in [1.82, 2.24) is 19.6 Å². The van der Waals surface area contributed by atoms with E-state index in [0.717, 1.165) is 25.4 Å². The van der Waals surface area contributed by atoms with Crippen LogP contribution in [0.4, 0.5) is 5.69 Å². The molecule has 0 aliphatic carbocycles. The van der Waals surface area contributed by atoms with Gasteiger partial charge in [0.25, 0.3) is 0 Å². The summed E-state index contributed by atoms with van der Waals surface area (Å²) in [4.78, 5) is 27.1. The van der Waals surface area contributed by atoms with Crippen LogP contribution in [-0.2, 0) is 17.9 Å². The summed E-state index contributed by atoms with van der Waals surface area (Å²) < 4.78 is 6.74. The number of benzene rings is 1. The molecule has 28 heavy (non-hydrogen) atoms. The van der Waals surface area contributed by atoms with Crippen LogP contribution in [0.25, 0.3) is 0 Å². The first-order valence-electron chi connectivity index (χ1n) is 9.28. The summed E-state index contributed by atoms with van der Waals surface area (Å²) in [6.07, 6.45) is 1.67. The first kappa shape index (κ1) is 19.8. The van der Waals surface area contributed by atoms with Crippen molar-refractivity contribution in [3.63, 3.8) is 0 Å². The van der Waals surface area contributed by atoms with Crippen LogP contribution in [0.2, 0.25) is 0 Å². The molecule has 1 aliphatic heterocycles. The number of aryl methyl sites for hydroxylation is 2. The fourth-order valence-corrected chi connectivity index (χ4v) is 3.35. The van der Waals surface area contributed by atoms with Crippen LogP contribution in [0.3, 0.4) is 0 Å². The van der Waals surface area contributed by atoms with Crippen molar-refractivity contribution in [2.45, 2.75) is 26.4 Å². The molecule has 2 aromatic rings. The first-order chi connectivity index (χ1) is 13.5. The van der Waals surface area contributed by atoms with Crippen molar-refractivity contribution in [2.75, 3.05) is 33.3 Å². The fourth-order valence-electron chi connectivity index (χ4n) is 3.35. The second-order valence-electron chi connectivity index (χ2n) is 6.88. The molecule has 0 N–H and O–H groups in total. The lowest BCUT2D eigenvalue weighted by Gasteiger charge is -2.34. The van der Waals surface area contributed by atoms with Gasteiger partial charge in [0.15, 0.2) is 0 Å². The van der Waals surface area contributed by atoms with E-state index in [2.05, 4.69) is 16.1 Å². The van der Waals surface area contributed by atoms with Gasteiger partial charge in [0.2, 0.25) is 5.91 Å². The lowest BCUT2D eigenvalue weighted by molar-refractivity contribution is -0.385. The Morgan fingerprint density at radius 3 is 2.68 bits per heavy atom. The molecule has 0 bridgehead atoms. The molecule has 0 unspecified atom stereocenters. The number of nitrogens with zero attached hydrogens (tertiary/aromatic N) is 5. The molecule has 0 atom stereocenters. The van der Waals surface area contributed by atoms with Crippen molar-refractivity contribution >= 4 is 11.6 Å². The number of amides is 1. The number of carbonyl (C=O) groups is 1. The van der Waals surface area contributed by atoms with E-state index in [4.69, 9.17) is 4.74 Å². The Bertz CT molecular complexity index is 843. The van der Waals surface area contributed by atoms with Gasteiger partial charge in [-0.3, -0.25) is 24.5 Å². The number of methoxy groups -OCH3 is 1. The van der Waals surface area contributed by atoms with E-state index in [1.807, 2.05) is 23.1 Å². The monoisotopic (exact) mass is 387 g/mol. The summed E-state index contributed by atoms with van der Waals surface area (Å²) in [7, 11) is 1.66. The van der Waals surface area contributed by atoms with Crippen molar-refractivity contribution in [3.8, 4) is 5.75 Å². The molecule has 3 rings (SSSR count). The van der Waals surface area contributed by atoms with Crippen LogP contribution in [0.5, 0.6) is 5.75 Å². The quantitative estimate of drug-likeness (QED) is 0.532. The Kier molecular flexibility index (Phi) is 6.25. The normalized spacial score (nSPS) is 14.9. The van der Waals surface area contributed by atoms with Crippen LogP contribution in [-0.4, -0.2) is 63.7 Å². The minimum atomic E-state index is -0.456. The molecule has 0 radical (unpaired) electrons. The Morgan fingerprint density at radius 1 is 1.29 bits per heavy atom. The second-order valence-corrected chi connectivity index (χ2v) is 6.88. The van der Waals surface area contributed by atoms with Crippen LogP contribution in [0, 0.1) is 17.0 Å². The minimum absolute atomic E-state index is 0.0152. The second kappa shape index (κ2) is 8.83. The number of aromatic nitrogens is 2. The highest BCUT2D eigenvalue weighted by Crippen LogP contribution is 2.17. The topological polar surface area (TPSA) is 93.7 Å². The van der Waals surface area contributed by atoms with Gasteiger partial charge < -0.3 is 9.64 Å². The molecule has 1 aliphatic rings. The highest BCUT2D eigenvalue weighted by molar-refractivity contribution is 5.76. The van der Waals surface area contributed by atoms with Crippen molar-refractivity contribution in [1.29, 1.82) is 0 Å². The minimum Gasteiger partial charge on any atom is -0.497 e. The average Bonchev–Trinajstić information content (AvgIpc) is 3.08. The average molecular weight is 387 g/mol. The Labute approximate surface area is 163 Å². The molecular weight excluding hydrogens is 362 g/mol. The van der Waals surface area contributed by atoms with E-state index >= 15 is 0 Å². The molecule has 0 saturated carbocycles. The molecule has 150 valence electrons. The maximum absolute atomic E-state index is 12.5. The predicted molar refractivity (Wildman–Crippen MR) is 103 cm³/mol. The molecule has 9 nitrogen and oxygen atoms in total. The van der Waals surface area contributed by atoms with E-state index in [9.17, 15) is 14.9 Å². The summed E-state index contributed by atoms with van der Waals surface area (Å²) >= 11 is 0. The summed E-state index contributed by atoms with van der Waals surface area (Å²) in [5.74, 6) is 0.900. The molecule has 0 spiro atoms. The third kappa shape index (κ3) is 4.86. The van der Waals surface area contributed by atoms with Crippen molar-refractivity contribution in [2.24, 2.45) is 0 Å². The summed E-state index contributed by atoms with van der Waals surface area (Å²) in [5, 5.41) is 15.0. The van der Waals surface area contributed by atoms with E-state index in [1.165, 1.54) is 16.4 Å². The lowest BCUT2D eigenvalue weighted by atomic mass is 10.2. The summed E-state index contributed by atoms with van der Waals surface area (Å²) in [6, 6.07) is 8.01. The number of ether oxygens (including phenoxy) is 1. The van der Waals surface area contributed by atoms with E-state index < -0.39 is 4.92 Å². The van der Waals surface area contributed by atoms with E-state index in [0.29, 0.717) is 25.3 Å². The summed E-state index contributed by atoms with van der Waals surface area (Å²) in [6.45, 7) is 5.76. The molecule has 1 aromatic heterocycles. The van der Waals surface area contributed by atoms with Gasteiger partial charge in [-0.15, -0.1) is 0 Å². The Hall–Kier alpha value is -2.94. The highest BCUT2D eigenvalue weighted by Gasteiger charge is 2.22. The molecule has 1 amide bonds. The van der Waals surface area contributed by atoms with Crippen LogP contribution < -0.4 is 4.74 Å². The van der Waals surface area contributed by atoms with Gasteiger partial charge in [0.05, 0.1) is 12.0 Å². The van der Waals surface area contributed by atoms with Gasteiger partial charge >= 0.3 is 5.69 Å². The zero-order valence-electron chi connectivity index (χ0n) is 16.2. The van der Waals surface area contributed by atoms with Gasteiger partial charge in [0, 0.05) is 45.7 Å². The predicted octanol–water partition coefficient (Wildman–Crippen LogP) is 1.84. The Morgan fingerprint density at radius 2 is 2.04 bits per heavy atom. The maximum Gasteiger partial charge on any atom is 0.309 e. The van der Waals surface area contributed by atoms with Gasteiger partial charge in [-0.25, -0.2) is 0 Å². The van der Waals surface area contributed by atoms with Gasteiger partial charge in [0.1, 0.15) is 17.6 Å². The van der Waals surface area contributed by atoms with Gasteiger partial charge in [-0.05, 0) is 24.6 Å². The maximum atomic E-state index is 12.5. The third-order valence-corrected chi connectivity index (χ3v) is 4.94. The van der Waals surface area contributed by atoms with Crippen LogP contribution in [0.1, 0.15) is 17.7 Å². The third-order valence-electron chi connectivity index (χ3n) is 4.94. The lowest BCUT2D eigenvalue weighted by Crippen LogP contribution is -2.48. The van der Waals surface area contributed by atoms with Crippen LogP contribution in [0.15, 0.2) is 30.5 Å². The SMILES string of the molecule is COc1cccc(CN2CCN(C(=O)CCn3cc([N+](=O)[O-])c(C)n3)CC2)c1. The zero-order valence-corrected chi connectivity index (χ0v) is 16.2. The standard InChI is InChI=1S/C19H25N5O4/c1-15-18(24(26)27)14-23(20-15)7-6-19(25)22-10-8-21(9-11-22)13-16-4-3-5-17(12-16)28-2/h3-5,12,14H,6-11,13H2,1-2H3. The highest BCUT2D eigenvalue weighted by atomic mass is 16.6. The molecule has 1 fully saturated rings. The van der Waals surface area contributed by atoms with Gasteiger partial charge in [-0.2, -0.15) is 5.10 Å². The van der Waals surface area contributed by atoms with Gasteiger partial charge in [-0.1, -0.05) is 12.1 Å². The molecule has 2 heterocycles. The number of rotatable bonds is 7. The smallest absolute Gasteiger partial charge is 0.309 e. The first-order valence-corrected chi connectivity index (χ1v) is 9.28. The van der Waals surface area contributed by atoms with E-state index in [1.54, 1.807) is 14.0 Å². The van der Waals surface area contributed by atoms with Crippen LogP contribution >= 0.6 is 0 Å². The molecule has 9 heteroatoms. The molecule has 1 saturated heterocycles. The number of nitro groups is 1. The number of carbonyl (C=O) groups excluding carboxylic acids is 1. The number of hydrogen-bond donors (Lipinski definition) is 0. The van der Waals surface area contributed by atoms with Crippen molar-refractivity contribution in [3.05, 3.63) is 51.8 Å². The fraction of sp³-hybridized carbons (Fsp3) is 0.474. The molecule has 1 aromatic carbocycles. The molecular formula is C19H25N5O4. The summed E-state index contributed by atoms with van der Waals surface area (Å²) in [5.41, 5.74) is 1.54. The largest absolute Gasteiger partial charge is 0.497 e. The number of hydrogen-bond acceptors (Lipinski definition) is 6. The number of piperazine rings is 1. The zero-order chi connectivity index (χ0) is 20.1. The van der Waals surface area contributed by atoms with E-state index in [-0.39, 0.29) is 18.0 Å².